The van der Waals surface area contributed by atoms with Gasteiger partial charge in [-0.3, -0.25) is 4.79 Å². The van der Waals surface area contributed by atoms with Crippen molar-refractivity contribution in [1.29, 1.82) is 0 Å². The van der Waals surface area contributed by atoms with E-state index in [2.05, 4.69) is 12.2 Å². The molecule has 2 unspecified atom stereocenters. The normalized spacial score (nSPS) is 22.9. The van der Waals surface area contributed by atoms with Crippen LogP contribution in [0, 0.1) is 5.92 Å². The Morgan fingerprint density at radius 1 is 1.50 bits per heavy atom. The zero-order valence-corrected chi connectivity index (χ0v) is 10.4. The van der Waals surface area contributed by atoms with Crippen LogP contribution >= 0.6 is 0 Å². The molecule has 0 saturated carbocycles. The molecular weight excluding hydrogens is 204 g/mol. The minimum Gasteiger partial charge on any atom is -0.460 e. The Hall–Kier alpha value is -0.830. The molecular formula is C13H22O3. The van der Waals surface area contributed by atoms with E-state index < -0.39 is 11.7 Å². The second-order valence-corrected chi connectivity index (χ2v) is 5.40. The summed E-state index contributed by atoms with van der Waals surface area (Å²) >= 11 is 0. The van der Waals surface area contributed by atoms with Crippen LogP contribution in [0.15, 0.2) is 12.2 Å². The lowest BCUT2D eigenvalue weighted by molar-refractivity contribution is -0.157. The first-order valence-electron chi connectivity index (χ1n) is 5.93. The van der Waals surface area contributed by atoms with Gasteiger partial charge in [0.2, 0.25) is 0 Å². The second kappa shape index (κ2) is 5.48. The van der Waals surface area contributed by atoms with Gasteiger partial charge in [-0.1, -0.05) is 12.2 Å². The zero-order chi connectivity index (χ0) is 12.2. The first-order chi connectivity index (χ1) is 7.38. The number of esters is 1. The monoisotopic (exact) mass is 226 g/mol. The van der Waals surface area contributed by atoms with Crippen molar-refractivity contribution >= 4 is 5.97 Å². The number of aliphatic hydroxyl groups is 1. The van der Waals surface area contributed by atoms with Crippen LogP contribution in [0.1, 0.15) is 46.5 Å². The van der Waals surface area contributed by atoms with Crippen molar-refractivity contribution in [3.05, 3.63) is 12.2 Å². The summed E-state index contributed by atoms with van der Waals surface area (Å²) in [7, 11) is 0. The summed E-state index contributed by atoms with van der Waals surface area (Å²) in [5.41, 5.74) is -0.469. The van der Waals surface area contributed by atoms with Gasteiger partial charge in [0.1, 0.15) is 5.60 Å². The summed E-state index contributed by atoms with van der Waals surface area (Å²) in [6, 6.07) is 0. The van der Waals surface area contributed by atoms with Crippen molar-refractivity contribution in [3.8, 4) is 0 Å². The number of ether oxygens (including phenoxy) is 1. The molecule has 0 spiro atoms. The highest BCUT2D eigenvalue weighted by molar-refractivity contribution is 5.70. The molecule has 92 valence electrons. The molecule has 0 bridgehead atoms. The van der Waals surface area contributed by atoms with Crippen molar-refractivity contribution in [1.82, 2.24) is 0 Å². The zero-order valence-electron chi connectivity index (χ0n) is 10.4. The minimum absolute atomic E-state index is 0.107. The molecule has 0 aromatic carbocycles. The molecule has 0 amide bonds. The van der Waals surface area contributed by atoms with E-state index >= 15 is 0 Å². The number of hydrogen-bond acceptors (Lipinski definition) is 3. The number of hydrogen-bond donors (Lipinski definition) is 1. The Bertz CT molecular complexity index is 263. The summed E-state index contributed by atoms with van der Waals surface area (Å²) in [6.07, 6.45) is 6.55. The van der Waals surface area contributed by atoms with Crippen molar-refractivity contribution in [2.24, 2.45) is 5.92 Å². The highest BCUT2D eigenvalue weighted by Gasteiger charge is 2.25. The van der Waals surface area contributed by atoms with Crippen LogP contribution in [0.4, 0.5) is 0 Å². The Morgan fingerprint density at radius 2 is 2.19 bits per heavy atom. The fourth-order valence-electron chi connectivity index (χ4n) is 1.89. The summed E-state index contributed by atoms with van der Waals surface area (Å²) in [5, 5.41) is 9.91. The topological polar surface area (TPSA) is 46.5 Å². The van der Waals surface area contributed by atoms with Crippen LogP contribution in [-0.4, -0.2) is 22.8 Å². The van der Waals surface area contributed by atoms with E-state index in [0.29, 0.717) is 0 Å². The van der Waals surface area contributed by atoms with Gasteiger partial charge in [-0.2, -0.15) is 0 Å². The maximum atomic E-state index is 11.5. The molecule has 0 saturated heterocycles. The lowest BCUT2D eigenvalue weighted by Gasteiger charge is -2.25. The molecule has 3 heteroatoms. The smallest absolute Gasteiger partial charge is 0.308 e. The SMILES string of the molecule is CC(C)(C)OC(=O)CC(O)C1CC=CCC1. The van der Waals surface area contributed by atoms with Crippen molar-refractivity contribution in [2.75, 3.05) is 0 Å². The van der Waals surface area contributed by atoms with Gasteiger partial charge in [0, 0.05) is 0 Å². The lowest BCUT2D eigenvalue weighted by atomic mass is 9.88. The maximum Gasteiger partial charge on any atom is 0.308 e. The number of carbonyl (C=O) groups is 1. The predicted octanol–water partition coefficient (Wildman–Crippen LogP) is 2.44. The molecule has 0 fully saturated rings. The highest BCUT2D eigenvalue weighted by atomic mass is 16.6. The van der Waals surface area contributed by atoms with E-state index in [1.54, 1.807) is 0 Å². The Balaban J connectivity index is 2.36. The number of carbonyl (C=O) groups excluding carboxylic acids is 1. The largest absolute Gasteiger partial charge is 0.460 e. The average molecular weight is 226 g/mol. The number of aliphatic hydroxyl groups excluding tert-OH is 1. The van der Waals surface area contributed by atoms with Crippen LogP contribution in [0.3, 0.4) is 0 Å². The molecule has 16 heavy (non-hydrogen) atoms. The first-order valence-corrected chi connectivity index (χ1v) is 5.93. The average Bonchev–Trinajstić information content (AvgIpc) is 2.16. The van der Waals surface area contributed by atoms with Crippen LogP contribution in [0.2, 0.25) is 0 Å². The molecule has 1 aliphatic carbocycles. The second-order valence-electron chi connectivity index (χ2n) is 5.40. The Morgan fingerprint density at radius 3 is 2.69 bits per heavy atom. The predicted molar refractivity (Wildman–Crippen MR) is 62.9 cm³/mol. The molecule has 3 nitrogen and oxygen atoms in total. The molecule has 1 rings (SSSR count). The van der Waals surface area contributed by atoms with E-state index in [0.717, 1.165) is 19.3 Å². The van der Waals surface area contributed by atoms with Crippen LogP contribution in [0.5, 0.6) is 0 Å². The van der Waals surface area contributed by atoms with Gasteiger partial charge in [-0.05, 0) is 46.0 Å². The Kier molecular flexibility index (Phi) is 4.54. The van der Waals surface area contributed by atoms with E-state index in [4.69, 9.17) is 4.74 Å². The van der Waals surface area contributed by atoms with Gasteiger partial charge in [-0.15, -0.1) is 0 Å². The molecule has 0 radical (unpaired) electrons. The molecule has 1 N–H and O–H groups in total. The van der Waals surface area contributed by atoms with E-state index in [9.17, 15) is 9.90 Å². The summed E-state index contributed by atoms with van der Waals surface area (Å²) in [6.45, 7) is 5.50. The fourth-order valence-corrected chi connectivity index (χ4v) is 1.89. The van der Waals surface area contributed by atoms with Gasteiger partial charge in [0.15, 0.2) is 0 Å². The summed E-state index contributed by atoms with van der Waals surface area (Å²) in [4.78, 5) is 11.5. The molecule has 0 aliphatic heterocycles. The van der Waals surface area contributed by atoms with E-state index in [1.807, 2.05) is 20.8 Å². The molecule has 0 aromatic heterocycles. The number of allylic oxidation sites excluding steroid dienone is 2. The number of rotatable bonds is 3. The van der Waals surface area contributed by atoms with Gasteiger partial charge >= 0.3 is 5.97 Å². The first kappa shape index (κ1) is 13.2. The van der Waals surface area contributed by atoms with Gasteiger partial charge in [0.05, 0.1) is 12.5 Å². The minimum atomic E-state index is -0.570. The van der Waals surface area contributed by atoms with E-state index in [-0.39, 0.29) is 18.3 Å². The quantitative estimate of drug-likeness (QED) is 0.594. The third-order valence-electron chi connectivity index (χ3n) is 2.65. The summed E-state index contributed by atoms with van der Waals surface area (Å²) < 4.78 is 5.18. The van der Waals surface area contributed by atoms with Gasteiger partial charge in [-0.25, -0.2) is 0 Å². The third-order valence-corrected chi connectivity index (χ3v) is 2.65. The molecule has 0 aromatic rings. The van der Waals surface area contributed by atoms with E-state index in [1.165, 1.54) is 0 Å². The van der Waals surface area contributed by atoms with Crippen molar-refractivity contribution < 1.29 is 14.6 Å². The van der Waals surface area contributed by atoms with Crippen LogP contribution in [-0.2, 0) is 9.53 Å². The fraction of sp³-hybridized carbons (Fsp3) is 0.769. The Labute approximate surface area is 97.5 Å². The standard InChI is InChI=1S/C13H22O3/c1-13(2,3)16-12(15)9-11(14)10-7-5-4-6-8-10/h4-5,10-11,14H,6-9H2,1-3H3. The van der Waals surface area contributed by atoms with Crippen LogP contribution < -0.4 is 0 Å². The third kappa shape index (κ3) is 4.79. The van der Waals surface area contributed by atoms with Crippen molar-refractivity contribution in [3.63, 3.8) is 0 Å². The summed E-state index contributed by atoms with van der Waals surface area (Å²) in [5.74, 6) is -0.105. The van der Waals surface area contributed by atoms with Crippen molar-refractivity contribution in [2.45, 2.75) is 58.2 Å². The maximum absolute atomic E-state index is 11.5. The van der Waals surface area contributed by atoms with Gasteiger partial charge < -0.3 is 9.84 Å². The molecule has 0 heterocycles. The van der Waals surface area contributed by atoms with Crippen LogP contribution in [0.25, 0.3) is 0 Å². The van der Waals surface area contributed by atoms with Gasteiger partial charge in [0.25, 0.3) is 0 Å². The molecule has 1 aliphatic rings. The highest BCUT2D eigenvalue weighted by Crippen LogP contribution is 2.24. The lowest BCUT2D eigenvalue weighted by Crippen LogP contribution is -2.30. The molecule has 2 atom stereocenters.